The topological polar surface area (TPSA) is 47.3 Å². The lowest BCUT2D eigenvalue weighted by molar-refractivity contribution is 0.119. The third kappa shape index (κ3) is 2.33. The molecule has 2 aromatic rings. The highest BCUT2D eigenvalue weighted by atomic mass is 16.5. The highest BCUT2D eigenvalue weighted by Gasteiger charge is 2.34. The lowest BCUT2D eigenvalue weighted by Crippen LogP contribution is -2.17. The normalized spacial score (nSPS) is 20.6. The molecule has 1 aromatic carbocycles. The van der Waals surface area contributed by atoms with Crippen LogP contribution in [0.25, 0.3) is 0 Å². The van der Waals surface area contributed by atoms with E-state index in [2.05, 4.69) is 25.0 Å². The van der Waals surface area contributed by atoms with Crippen LogP contribution in [0.1, 0.15) is 48.5 Å². The van der Waals surface area contributed by atoms with E-state index in [-0.39, 0.29) is 6.04 Å². The van der Waals surface area contributed by atoms with Gasteiger partial charge < -0.3 is 9.84 Å². The van der Waals surface area contributed by atoms with Crippen molar-refractivity contribution in [1.82, 2.24) is 9.78 Å². The van der Waals surface area contributed by atoms with E-state index in [4.69, 9.17) is 4.74 Å². The summed E-state index contributed by atoms with van der Waals surface area (Å²) in [5.74, 6) is 0.791. The molecule has 1 aliphatic carbocycles. The van der Waals surface area contributed by atoms with Gasteiger partial charge in [0.2, 0.25) is 0 Å². The maximum atomic E-state index is 10.7. The van der Waals surface area contributed by atoms with E-state index in [1.165, 1.54) is 11.3 Å². The Labute approximate surface area is 125 Å². The van der Waals surface area contributed by atoms with Crippen molar-refractivity contribution in [3.05, 3.63) is 46.8 Å². The highest BCUT2D eigenvalue weighted by molar-refractivity contribution is 5.41. The minimum Gasteiger partial charge on any atom is -0.497 e. The molecule has 0 aliphatic heterocycles. The Hall–Kier alpha value is -1.81. The summed E-state index contributed by atoms with van der Waals surface area (Å²) in [7, 11) is 1.65. The van der Waals surface area contributed by atoms with Crippen LogP contribution in [0.3, 0.4) is 0 Å². The number of aryl methyl sites for hydroxylation is 2. The molecule has 1 heterocycles. The lowest BCUT2D eigenvalue weighted by Gasteiger charge is -2.18. The van der Waals surface area contributed by atoms with Crippen LogP contribution in [0.5, 0.6) is 5.75 Å². The smallest absolute Gasteiger partial charge is 0.119 e. The van der Waals surface area contributed by atoms with Crippen LogP contribution < -0.4 is 4.74 Å². The Morgan fingerprint density at radius 1 is 1.29 bits per heavy atom. The SMILES string of the molecule is CCc1cc(CC)n(C2Cc3ccc(OC)cc3C2O)n1. The Kier molecular flexibility index (Phi) is 3.72. The van der Waals surface area contributed by atoms with Crippen molar-refractivity contribution in [3.8, 4) is 5.75 Å². The van der Waals surface area contributed by atoms with Crippen molar-refractivity contribution in [2.45, 2.75) is 45.3 Å². The maximum absolute atomic E-state index is 10.7. The van der Waals surface area contributed by atoms with Gasteiger partial charge in [0.25, 0.3) is 0 Å². The van der Waals surface area contributed by atoms with Gasteiger partial charge in [0.1, 0.15) is 11.9 Å². The van der Waals surface area contributed by atoms with Gasteiger partial charge in [-0.2, -0.15) is 5.10 Å². The number of ether oxygens (including phenoxy) is 1. The molecular weight excluding hydrogens is 264 g/mol. The van der Waals surface area contributed by atoms with E-state index >= 15 is 0 Å². The van der Waals surface area contributed by atoms with E-state index in [1.807, 2.05) is 22.9 Å². The van der Waals surface area contributed by atoms with Gasteiger partial charge in [-0.1, -0.05) is 19.9 Å². The largest absolute Gasteiger partial charge is 0.497 e. The van der Waals surface area contributed by atoms with E-state index in [9.17, 15) is 5.11 Å². The van der Waals surface area contributed by atoms with Gasteiger partial charge in [-0.3, -0.25) is 4.68 Å². The highest BCUT2D eigenvalue weighted by Crippen LogP contribution is 2.41. The maximum Gasteiger partial charge on any atom is 0.119 e. The van der Waals surface area contributed by atoms with E-state index in [1.54, 1.807) is 7.11 Å². The molecule has 1 N–H and O–H groups in total. The van der Waals surface area contributed by atoms with Gasteiger partial charge in [-0.05, 0) is 48.6 Å². The molecule has 112 valence electrons. The quantitative estimate of drug-likeness (QED) is 0.940. The lowest BCUT2D eigenvalue weighted by atomic mass is 10.1. The average Bonchev–Trinajstić information content (AvgIpc) is 3.08. The van der Waals surface area contributed by atoms with E-state index in [0.717, 1.165) is 36.3 Å². The Morgan fingerprint density at radius 3 is 2.76 bits per heavy atom. The third-order valence-electron chi connectivity index (χ3n) is 4.37. The number of aromatic nitrogens is 2. The number of benzene rings is 1. The molecule has 21 heavy (non-hydrogen) atoms. The fraction of sp³-hybridized carbons (Fsp3) is 0.471. The zero-order valence-electron chi connectivity index (χ0n) is 12.8. The number of nitrogens with zero attached hydrogens (tertiary/aromatic N) is 2. The van der Waals surface area contributed by atoms with Gasteiger partial charge >= 0.3 is 0 Å². The first kappa shape index (κ1) is 14.1. The molecule has 0 saturated heterocycles. The third-order valence-corrected chi connectivity index (χ3v) is 4.37. The first-order valence-corrected chi connectivity index (χ1v) is 7.60. The first-order valence-electron chi connectivity index (χ1n) is 7.60. The molecule has 0 radical (unpaired) electrons. The molecule has 2 atom stereocenters. The van der Waals surface area contributed by atoms with Crippen molar-refractivity contribution in [2.24, 2.45) is 0 Å². The van der Waals surface area contributed by atoms with Gasteiger partial charge in [-0.15, -0.1) is 0 Å². The predicted octanol–water partition coefficient (Wildman–Crippen LogP) is 2.85. The molecule has 0 fully saturated rings. The average molecular weight is 286 g/mol. The molecule has 4 nitrogen and oxygen atoms in total. The summed E-state index contributed by atoms with van der Waals surface area (Å²) in [4.78, 5) is 0. The summed E-state index contributed by atoms with van der Waals surface area (Å²) in [6.07, 6.45) is 2.14. The Balaban J connectivity index is 1.97. The summed E-state index contributed by atoms with van der Waals surface area (Å²) in [6, 6.07) is 8.08. The zero-order valence-corrected chi connectivity index (χ0v) is 12.8. The van der Waals surface area contributed by atoms with Crippen LogP contribution in [0.4, 0.5) is 0 Å². The van der Waals surface area contributed by atoms with Crippen LogP contribution in [-0.4, -0.2) is 22.0 Å². The second kappa shape index (κ2) is 5.53. The van der Waals surface area contributed by atoms with Gasteiger partial charge in [-0.25, -0.2) is 0 Å². The summed E-state index contributed by atoms with van der Waals surface area (Å²) in [5, 5.41) is 15.4. The number of methoxy groups -OCH3 is 1. The summed E-state index contributed by atoms with van der Waals surface area (Å²) in [5.41, 5.74) is 4.43. The van der Waals surface area contributed by atoms with Crippen molar-refractivity contribution >= 4 is 0 Å². The van der Waals surface area contributed by atoms with Crippen molar-refractivity contribution < 1.29 is 9.84 Å². The Morgan fingerprint density at radius 2 is 2.10 bits per heavy atom. The molecule has 0 spiro atoms. The molecule has 0 bridgehead atoms. The molecule has 0 saturated carbocycles. The number of aliphatic hydroxyl groups excluding tert-OH is 1. The molecule has 1 aromatic heterocycles. The minimum atomic E-state index is -0.523. The summed E-state index contributed by atoms with van der Waals surface area (Å²) < 4.78 is 7.29. The molecule has 3 rings (SSSR count). The second-order valence-corrected chi connectivity index (χ2v) is 5.56. The van der Waals surface area contributed by atoms with E-state index in [0.29, 0.717) is 0 Å². The fourth-order valence-corrected chi connectivity index (χ4v) is 3.14. The fourth-order valence-electron chi connectivity index (χ4n) is 3.14. The van der Waals surface area contributed by atoms with Crippen LogP contribution in [-0.2, 0) is 19.3 Å². The van der Waals surface area contributed by atoms with Crippen LogP contribution in [0.2, 0.25) is 0 Å². The summed E-state index contributed by atoms with van der Waals surface area (Å²) in [6.45, 7) is 4.24. The van der Waals surface area contributed by atoms with Gasteiger partial charge in [0, 0.05) is 5.69 Å². The van der Waals surface area contributed by atoms with Crippen LogP contribution in [0.15, 0.2) is 24.3 Å². The minimum absolute atomic E-state index is 0.0117. The number of hydrogen-bond donors (Lipinski definition) is 1. The predicted molar refractivity (Wildman–Crippen MR) is 81.7 cm³/mol. The number of hydrogen-bond acceptors (Lipinski definition) is 3. The molecule has 0 amide bonds. The monoisotopic (exact) mass is 286 g/mol. The standard InChI is InChI=1S/C17H22N2O2/c1-4-12-9-13(5-2)19(18-12)16-8-11-6-7-14(21-3)10-15(11)17(16)20/h6-7,9-10,16-17,20H,4-5,8H2,1-3H3. The molecular formula is C17H22N2O2. The molecule has 4 heteroatoms. The van der Waals surface area contributed by atoms with Crippen molar-refractivity contribution in [3.63, 3.8) is 0 Å². The first-order chi connectivity index (χ1) is 10.2. The second-order valence-electron chi connectivity index (χ2n) is 5.56. The van der Waals surface area contributed by atoms with Crippen LogP contribution in [0, 0.1) is 0 Å². The zero-order chi connectivity index (χ0) is 15.0. The molecule has 2 unspecified atom stereocenters. The van der Waals surface area contributed by atoms with E-state index < -0.39 is 6.10 Å². The summed E-state index contributed by atoms with van der Waals surface area (Å²) >= 11 is 0. The van der Waals surface area contributed by atoms with Crippen LogP contribution >= 0.6 is 0 Å². The van der Waals surface area contributed by atoms with Crippen molar-refractivity contribution in [1.29, 1.82) is 0 Å². The van der Waals surface area contributed by atoms with Crippen molar-refractivity contribution in [2.75, 3.05) is 7.11 Å². The Bertz CT molecular complexity index is 648. The van der Waals surface area contributed by atoms with Gasteiger partial charge in [0.05, 0.1) is 18.8 Å². The van der Waals surface area contributed by atoms with Gasteiger partial charge in [0.15, 0.2) is 0 Å². The molecule has 1 aliphatic rings. The number of rotatable bonds is 4. The number of fused-ring (bicyclic) bond motifs is 1. The number of aliphatic hydroxyl groups is 1.